The number of hydrogen-bond donors (Lipinski definition) is 0. The van der Waals surface area contributed by atoms with Crippen molar-refractivity contribution < 1.29 is 4.39 Å². The predicted molar refractivity (Wildman–Crippen MR) is 71.3 cm³/mol. The lowest BCUT2D eigenvalue weighted by Gasteiger charge is -2.12. The largest absolute Gasteiger partial charge is 0.236 e. The van der Waals surface area contributed by atoms with Crippen molar-refractivity contribution in [3.63, 3.8) is 0 Å². The molecule has 0 N–H and O–H groups in total. The molecule has 0 bridgehead atoms. The van der Waals surface area contributed by atoms with Gasteiger partial charge in [0.1, 0.15) is 17.3 Å². The highest BCUT2D eigenvalue weighted by atomic mass is 35.5. The van der Waals surface area contributed by atoms with Crippen LogP contribution in [-0.2, 0) is 6.42 Å². The summed E-state index contributed by atoms with van der Waals surface area (Å²) in [5.41, 5.74) is 3.64. The molecule has 0 spiro atoms. The highest BCUT2D eigenvalue weighted by molar-refractivity contribution is 6.30. The van der Waals surface area contributed by atoms with Gasteiger partial charge >= 0.3 is 0 Å². The highest BCUT2D eigenvalue weighted by Gasteiger charge is 2.16. The number of aromatic nitrogens is 2. The van der Waals surface area contributed by atoms with E-state index in [4.69, 9.17) is 11.6 Å². The van der Waals surface area contributed by atoms with Gasteiger partial charge in [0.2, 0.25) is 0 Å². The molecule has 0 atom stereocenters. The van der Waals surface area contributed by atoms with Gasteiger partial charge in [-0.1, -0.05) is 24.6 Å². The molecule has 0 saturated carbocycles. The Morgan fingerprint density at radius 2 is 1.94 bits per heavy atom. The van der Waals surface area contributed by atoms with Crippen molar-refractivity contribution in [3.8, 4) is 11.3 Å². The van der Waals surface area contributed by atoms with Crippen molar-refractivity contribution in [2.75, 3.05) is 0 Å². The zero-order valence-corrected chi connectivity index (χ0v) is 11.3. The van der Waals surface area contributed by atoms with Crippen LogP contribution in [0.5, 0.6) is 0 Å². The Kier molecular flexibility index (Phi) is 3.62. The summed E-state index contributed by atoms with van der Waals surface area (Å²) in [6.07, 6.45) is 2.04. The summed E-state index contributed by atoms with van der Waals surface area (Å²) in [5, 5.41) is 0.391. The van der Waals surface area contributed by atoms with E-state index in [-0.39, 0.29) is 5.82 Å². The minimum atomic E-state index is -0.267. The molecule has 2 nitrogen and oxygen atoms in total. The SMILES string of the molecule is CCc1c(Cl)ncnc1-c1c(C)cc(C)cc1F. The molecule has 18 heavy (non-hydrogen) atoms. The van der Waals surface area contributed by atoms with Gasteiger partial charge in [-0.3, -0.25) is 0 Å². The lowest BCUT2D eigenvalue weighted by molar-refractivity contribution is 0.628. The maximum absolute atomic E-state index is 14.1. The van der Waals surface area contributed by atoms with Crippen LogP contribution in [0, 0.1) is 19.7 Å². The first-order valence-electron chi connectivity index (χ1n) is 5.81. The number of aryl methyl sites for hydroxylation is 2. The molecule has 0 aliphatic rings. The molecule has 4 heteroatoms. The normalized spacial score (nSPS) is 10.7. The molecule has 0 amide bonds. The first-order chi connectivity index (χ1) is 8.54. The summed E-state index contributed by atoms with van der Waals surface area (Å²) < 4.78 is 14.1. The van der Waals surface area contributed by atoms with E-state index in [2.05, 4.69) is 9.97 Å². The number of nitrogens with zero attached hydrogens (tertiary/aromatic N) is 2. The van der Waals surface area contributed by atoms with Crippen LogP contribution in [0.15, 0.2) is 18.5 Å². The maximum atomic E-state index is 14.1. The van der Waals surface area contributed by atoms with Gasteiger partial charge in [0, 0.05) is 11.1 Å². The lowest BCUT2D eigenvalue weighted by Crippen LogP contribution is -2.00. The van der Waals surface area contributed by atoms with Gasteiger partial charge in [-0.05, 0) is 37.5 Å². The molecule has 0 saturated heterocycles. The lowest BCUT2D eigenvalue weighted by atomic mass is 9.98. The molecule has 0 radical (unpaired) electrons. The van der Waals surface area contributed by atoms with Crippen molar-refractivity contribution in [3.05, 3.63) is 46.1 Å². The number of benzene rings is 1. The number of rotatable bonds is 2. The van der Waals surface area contributed by atoms with Gasteiger partial charge in [0.25, 0.3) is 0 Å². The number of hydrogen-bond acceptors (Lipinski definition) is 2. The van der Waals surface area contributed by atoms with E-state index in [1.165, 1.54) is 12.4 Å². The first kappa shape index (κ1) is 13.0. The van der Waals surface area contributed by atoms with Crippen LogP contribution >= 0.6 is 11.6 Å². The summed E-state index contributed by atoms with van der Waals surface area (Å²) in [6, 6.07) is 3.45. The summed E-state index contributed by atoms with van der Waals surface area (Å²) in [6.45, 7) is 5.70. The van der Waals surface area contributed by atoms with Crippen molar-refractivity contribution in [2.45, 2.75) is 27.2 Å². The monoisotopic (exact) mass is 264 g/mol. The zero-order valence-electron chi connectivity index (χ0n) is 10.6. The fourth-order valence-corrected chi connectivity index (χ4v) is 2.40. The van der Waals surface area contributed by atoms with Gasteiger partial charge in [0.05, 0.1) is 5.69 Å². The summed E-state index contributed by atoms with van der Waals surface area (Å²) in [4.78, 5) is 8.14. The molecule has 2 rings (SSSR count). The third-order valence-electron chi connectivity index (χ3n) is 2.91. The number of halogens is 2. The Labute approximate surface area is 111 Å². The maximum Gasteiger partial charge on any atom is 0.136 e. The predicted octanol–water partition coefficient (Wildman–Crippen LogP) is 4.12. The van der Waals surface area contributed by atoms with Crippen molar-refractivity contribution in [2.24, 2.45) is 0 Å². The molecule has 0 aliphatic heterocycles. The highest BCUT2D eigenvalue weighted by Crippen LogP contribution is 2.31. The minimum absolute atomic E-state index is 0.267. The van der Waals surface area contributed by atoms with Crippen LogP contribution in [0.4, 0.5) is 4.39 Å². The first-order valence-corrected chi connectivity index (χ1v) is 6.18. The van der Waals surface area contributed by atoms with Crippen molar-refractivity contribution in [1.29, 1.82) is 0 Å². The Hall–Kier alpha value is -1.48. The molecule has 2 aromatic rings. The van der Waals surface area contributed by atoms with Gasteiger partial charge in [0.15, 0.2) is 0 Å². The zero-order chi connectivity index (χ0) is 13.3. The van der Waals surface area contributed by atoms with Gasteiger partial charge in [-0.15, -0.1) is 0 Å². The van der Waals surface area contributed by atoms with Crippen LogP contribution in [0.3, 0.4) is 0 Å². The fourth-order valence-electron chi connectivity index (χ4n) is 2.14. The Morgan fingerprint density at radius 3 is 2.56 bits per heavy atom. The summed E-state index contributed by atoms with van der Waals surface area (Å²) in [5.74, 6) is -0.267. The van der Waals surface area contributed by atoms with E-state index in [1.807, 2.05) is 26.8 Å². The second-order valence-electron chi connectivity index (χ2n) is 4.28. The van der Waals surface area contributed by atoms with E-state index in [0.717, 1.165) is 16.7 Å². The van der Waals surface area contributed by atoms with Crippen molar-refractivity contribution >= 4 is 11.6 Å². The van der Waals surface area contributed by atoms with Crippen LogP contribution in [-0.4, -0.2) is 9.97 Å². The quantitative estimate of drug-likeness (QED) is 0.763. The Morgan fingerprint density at radius 1 is 1.22 bits per heavy atom. The molecule has 1 aromatic heterocycles. The molecule has 0 fully saturated rings. The third kappa shape index (κ3) is 2.23. The van der Waals surface area contributed by atoms with Crippen LogP contribution in [0.1, 0.15) is 23.6 Å². The molecule has 94 valence electrons. The van der Waals surface area contributed by atoms with E-state index >= 15 is 0 Å². The molecular weight excluding hydrogens is 251 g/mol. The average Bonchev–Trinajstić information content (AvgIpc) is 2.27. The van der Waals surface area contributed by atoms with E-state index in [0.29, 0.717) is 22.8 Å². The fraction of sp³-hybridized carbons (Fsp3) is 0.286. The minimum Gasteiger partial charge on any atom is -0.236 e. The van der Waals surface area contributed by atoms with Crippen LogP contribution < -0.4 is 0 Å². The third-order valence-corrected chi connectivity index (χ3v) is 3.24. The van der Waals surface area contributed by atoms with Gasteiger partial charge in [-0.2, -0.15) is 0 Å². The molecule has 0 aliphatic carbocycles. The van der Waals surface area contributed by atoms with Crippen molar-refractivity contribution in [1.82, 2.24) is 9.97 Å². The molecule has 0 unspecified atom stereocenters. The summed E-state index contributed by atoms with van der Waals surface area (Å²) >= 11 is 6.04. The smallest absolute Gasteiger partial charge is 0.136 e. The molecule has 1 aromatic carbocycles. The average molecular weight is 265 g/mol. The topological polar surface area (TPSA) is 25.8 Å². The summed E-state index contributed by atoms with van der Waals surface area (Å²) in [7, 11) is 0. The van der Waals surface area contributed by atoms with Crippen LogP contribution in [0.2, 0.25) is 5.15 Å². The molecule has 1 heterocycles. The molecular formula is C14H14ClFN2. The Balaban J connectivity index is 2.73. The van der Waals surface area contributed by atoms with Gasteiger partial charge in [-0.25, -0.2) is 14.4 Å². The van der Waals surface area contributed by atoms with Gasteiger partial charge < -0.3 is 0 Å². The van der Waals surface area contributed by atoms with Crippen LogP contribution in [0.25, 0.3) is 11.3 Å². The Bertz CT molecular complexity index is 573. The van der Waals surface area contributed by atoms with E-state index < -0.39 is 0 Å². The van der Waals surface area contributed by atoms with E-state index in [1.54, 1.807) is 0 Å². The second-order valence-corrected chi connectivity index (χ2v) is 4.64. The van der Waals surface area contributed by atoms with E-state index in [9.17, 15) is 4.39 Å². The standard InChI is InChI=1S/C14H14ClFN2/c1-4-10-13(17-7-18-14(10)15)12-9(3)5-8(2)6-11(12)16/h5-7H,4H2,1-3H3. The second kappa shape index (κ2) is 5.02.